The molecule has 0 radical (unpaired) electrons. The quantitative estimate of drug-likeness (QED) is 0.774. The van der Waals surface area contributed by atoms with E-state index < -0.39 is 0 Å². The first kappa shape index (κ1) is 12.4. The lowest BCUT2D eigenvalue weighted by atomic mass is 10.2. The standard InChI is InChI=1S/C16H11N3/c17-11-14(12-18)13-19(15-7-3-1-4-8-15)16-9-5-2-6-10-16/h1-10,13H. The topological polar surface area (TPSA) is 50.8 Å². The zero-order chi connectivity index (χ0) is 13.5. The maximum atomic E-state index is 8.90. The second-order valence-electron chi connectivity index (χ2n) is 3.81. The third-order valence-electron chi connectivity index (χ3n) is 2.57. The smallest absolute Gasteiger partial charge is 0.146 e. The van der Waals surface area contributed by atoms with Crippen LogP contribution in [0.15, 0.2) is 72.4 Å². The van der Waals surface area contributed by atoms with Gasteiger partial charge in [0.15, 0.2) is 0 Å². The number of benzene rings is 2. The van der Waals surface area contributed by atoms with Gasteiger partial charge in [0, 0.05) is 17.6 Å². The molecule has 0 aliphatic heterocycles. The number of nitriles is 2. The zero-order valence-electron chi connectivity index (χ0n) is 10.2. The Balaban J connectivity index is 2.50. The van der Waals surface area contributed by atoms with Crippen LogP contribution in [0.5, 0.6) is 0 Å². The summed E-state index contributed by atoms with van der Waals surface area (Å²) in [5, 5.41) is 17.8. The van der Waals surface area contributed by atoms with Crippen LogP contribution in [0.4, 0.5) is 11.4 Å². The molecule has 0 aliphatic carbocycles. The summed E-state index contributed by atoms with van der Waals surface area (Å²) in [5.74, 6) is 0. The highest BCUT2D eigenvalue weighted by Crippen LogP contribution is 2.25. The molecule has 3 nitrogen and oxygen atoms in total. The number of nitrogens with zero attached hydrogens (tertiary/aromatic N) is 3. The average molecular weight is 245 g/mol. The molecule has 3 heteroatoms. The van der Waals surface area contributed by atoms with Gasteiger partial charge in [-0.05, 0) is 24.3 Å². The van der Waals surface area contributed by atoms with Crippen LogP contribution in [0.3, 0.4) is 0 Å². The van der Waals surface area contributed by atoms with Crippen LogP contribution in [-0.2, 0) is 0 Å². The Morgan fingerprint density at radius 1 is 0.789 bits per heavy atom. The minimum Gasteiger partial charge on any atom is -0.315 e. The fraction of sp³-hybridized carbons (Fsp3) is 0. The summed E-state index contributed by atoms with van der Waals surface area (Å²) >= 11 is 0. The van der Waals surface area contributed by atoms with Crippen molar-refractivity contribution in [2.24, 2.45) is 0 Å². The van der Waals surface area contributed by atoms with E-state index in [1.165, 1.54) is 0 Å². The molecule has 0 N–H and O–H groups in total. The highest BCUT2D eigenvalue weighted by atomic mass is 15.1. The number of para-hydroxylation sites is 2. The summed E-state index contributed by atoms with van der Waals surface area (Å²) in [6, 6.07) is 23.0. The van der Waals surface area contributed by atoms with Crippen molar-refractivity contribution in [3.05, 3.63) is 72.4 Å². The van der Waals surface area contributed by atoms with Gasteiger partial charge in [-0.3, -0.25) is 0 Å². The molecule has 2 rings (SSSR count). The molecule has 2 aromatic carbocycles. The van der Waals surface area contributed by atoms with Crippen molar-refractivity contribution < 1.29 is 0 Å². The summed E-state index contributed by atoms with van der Waals surface area (Å²) in [4.78, 5) is 1.82. The van der Waals surface area contributed by atoms with Crippen LogP contribution < -0.4 is 4.90 Å². The summed E-state index contributed by atoms with van der Waals surface area (Å²) in [7, 11) is 0. The third kappa shape index (κ3) is 3.00. The fourth-order valence-corrected chi connectivity index (χ4v) is 1.69. The summed E-state index contributed by atoms with van der Waals surface area (Å²) in [6.07, 6.45) is 1.55. The molecule has 0 bridgehead atoms. The molecule has 90 valence electrons. The van der Waals surface area contributed by atoms with Crippen molar-refractivity contribution in [2.75, 3.05) is 4.90 Å². The van der Waals surface area contributed by atoms with Crippen molar-refractivity contribution in [3.8, 4) is 12.1 Å². The molecule has 0 unspecified atom stereocenters. The van der Waals surface area contributed by atoms with Crippen LogP contribution in [0.2, 0.25) is 0 Å². The van der Waals surface area contributed by atoms with Crippen molar-refractivity contribution in [1.82, 2.24) is 0 Å². The van der Waals surface area contributed by atoms with Crippen LogP contribution >= 0.6 is 0 Å². The molecule has 0 spiro atoms. The molecule has 0 amide bonds. The number of hydrogen-bond donors (Lipinski definition) is 0. The average Bonchev–Trinajstić information content (AvgIpc) is 2.50. The predicted molar refractivity (Wildman–Crippen MR) is 74.3 cm³/mol. The first-order chi connectivity index (χ1) is 9.35. The van der Waals surface area contributed by atoms with Crippen molar-refractivity contribution >= 4 is 11.4 Å². The SMILES string of the molecule is N#CC(C#N)=CN(c1ccccc1)c1ccccc1. The lowest BCUT2D eigenvalue weighted by Gasteiger charge is -2.20. The predicted octanol–water partition coefficient (Wildman–Crippen LogP) is 3.76. The van der Waals surface area contributed by atoms with E-state index in [9.17, 15) is 0 Å². The minimum absolute atomic E-state index is 0.0627. The van der Waals surface area contributed by atoms with E-state index in [-0.39, 0.29) is 5.57 Å². The monoisotopic (exact) mass is 245 g/mol. The molecule has 0 aromatic heterocycles. The van der Waals surface area contributed by atoms with E-state index in [1.807, 2.05) is 77.7 Å². The molecule has 0 atom stereocenters. The van der Waals surface area contributed by atoms with Gasteiger partial charge in [0.05, 0.1) is 0 Å². The molecule has 0 fully saturated rings. The van der Waals surface area contributed by atoms with Crippen LogP contribution in [0.1, 0.15) is 0 Å². The van der Waals surface area contributed by atoms with E-state index in [0.717, 1.165) is 11.4 Å². The van der Waals surface area contributed by atoms with Crippen LogP contribution in [0.25, 0.3) is 0 Å². The van der Waals surface area contributed by atoms with Gasteiger partial charge in [0.2, 0.25) is 0 Å². The first-order valence-corrected chi connectivity index (χ1v) is 5.76. The van der Waals surface area contributed by atoms with Crippen molar-refractivity contribution in [2.45, 2.75) is 0 Å². The molecular weight excluding hydrogens is 234 g/mol. The van der Waals surface area contributed by atoms with Crippen molar-refractivity contribution in [3.63, 3.8) is 0 Å². The Morgan fingerprint density at radius 3 is 1.58 bits per heavy atom. The van der Waals surface area contributed by atoms with Gasteiger partial charge in [-0.2, -0.15) is 10.5 Å². The number of rotatable bonds is 3. The lowest BCUT2D eigenvalue weighted by Crippen LogP contribution is -2.09. The molecule has 0 saturated carbocycles. The van der Waals surface area contributed by atoms with Gasteiger partial charge in [-0.25, -0.2) is 0 Å². The van der Waals surface area contributed by atoms with E-state index in [4.69, 9.17) is 10.5 Å². The maximum absolute atomic E-state index is 8.90. The maximum Gasteiger partial charge on any atom is 0.146 e. The summed E-state index contributed by atoms with van der Waals surface area (Å²) in [5.41, 5.74) is 1.86. The van der Waals surface area contributed by atoms with Gasteiger partial charge >= 0.3 is 0 Å². The Labute approximate surface area is 112 Å². The second kappa shape index (κ2) is 6.05. The van der Waals surface area contributed by atoms with E-state index in [2.05, 4.69) is 0 Å². The largest absolute Gasteiger partial charge is 0.315 e. The van der Waals surface area contributed by atoms with Crippen LogP contribution in [0, 0.1) is 22.7 Å². The highest BCUT2D eigenvalue weighted by molar-refractivity contribution is 5.67. The summed E-state index contributed by atoms with van der Waals surface area (Å²) in [6.45, 7) is 0. The molecule has 0 aliphatic rings. The number of hydrogen-bond acceptors (Lipinski definition) is 3. The Morgan fingerprint density at radius 2 is 1.21 bits per heavy atom. The summed E-state index contributed by atoms with van der Waals surface area (Å²) < 4.78 is 0. The van der Waals surface area contributed by atoms with Gasteiger partial charge in [0.25, 0.3) is 0 Å². The normalized spacial score (nSPS) is 8.95. The number of anilines is 2. The first-order valence-electron chi connectivity index (χ1n) is 5.76. The molecule has 2 aromatic rings. The zero-order valence-corrected chi connectivity index (χ0v) is 10.2. The lowest BCUT2D eigenvalue weighted by molar-refractivity contribution is 1.27. The van der Waals surface area contributed by atoms with Crippen LogP contribution in [-0.4, -0.2) is 0 Å². The number of allylic oxidation sites excluding steroid dienone is 1. The fourth-order valence-electron chi connectivity index (χ4n) is 1.69. The molecule has 0 heterocycles. The Bertz CT molecular complexity index is 590. The Hall–Kier alpha value is -3.04. The molecular formula is C16H11N3. The highest BCUT2D eigenvalue weighted by Gasteiger charge is 2.07. The van der Waals surface area contributed by atoms with E-state index in [1.54, 1.807) is 6.20 Å². The molecule has 0 saturated heterocycles. The van der Waals surface area contributed by atoms with Gasteiger partial charge in [-0.1, -0.05) is 36.4 Å². The van der Waals surface area contributed by atoms with E-state index in [0.29, 0.717) is 0 Å². The Kier molecular flexibility index (Phi) is 3.95. The third-order valence-corrected chi connectivity index (χ3v) is 2.57. The van der Waals surface area contributed by atoms with Gasteiger partial charge < -0.3 is 4.90 Å². The molecule has 19 heavy (non-hydrogen) atoms. The minimum atomic E-state index is 0.0627. The van der Waals surface area contributed by atoms with Crippen molar-refractivity contribution in [1.29, 1.82) is 10.5 Å². The van der Waals surface area contributed by atoms with E-state index >= 15 is 0 Å². The van der Waals surface area contributed by atoms with Gasteiger partial charge in [-0.15, -0.1) is 0 Å². The second-order valence-corrected chi connectivity index (χ2v) is 3.81. The van der Waals surface area contributed by atoms with Gasteiger partial charge in [0.1, 0.15) is 17.7 Å².